The fourth-order valence-electron chi connectivity index (χ4n) is 2.21. The van der Waals surface area contributed by atoms with Crippen LogP contribution >= 0.6 is 15.9 Å². The van der Waals surface area contributed by atoms with E-state index in [2.05, 4.69) is 15.9 Å². The predicted molar refractivity (Wildman–Crippen MR) is 72.9 cm³/mol. The number of halogens is 2. The van der Waals surface area contributed by atoms with Crippen molar-refractivity contribution < 1.29 is 13.9 Å². The molecule has 1 unspecified atom stereocenters. The number of ether oxygens (including phenoxy) is 1. The van der Waals surface area contributed by atoms with Gasteiger partial charge in [-0.15, -0.1) is 0 Å². The Kier molecular flexibility index (Phi) is 3.11. The molecule has 0 fully saturated rings. The molecule has 0 N–H and O–H groups in total. The summed E-state index contributed by atoms with van der Waals surface area (Å²) in [6, 6.07) is 11.6. The highest BCUT2D eigenvalue weighted by Gasteiger charge is 2.28. The third-order valence-corrected chi connectivity index (χ3v) is 3.86. The summed E-state index contributed by atoms with van der Waals surface area (Å²) in [5.41, 5.74) is 1.34. The molecular formula is C15H10BrFO2. The summed E-state index contributed by atoms with van der Waals surface area (Å²) in [6.45, 7) is 0. The maximum absolute atomic E-state index is 13.2. The van der Waals surface area contributed by atoms with Crippen LogP contribution in [-0.2, 0) is 0 Å². The molecule has 0 radical (unpaired) electrons. The molecule has 1 atom stereocenters. The summed E-state index contributed by atoms with van der Waals surface area (Å²) in [4.78, 5) is 12.1. The van der Waals surface area contributed by atoms with Gasteiger partial charge in [0.15, 0.2) is 5.78 Å². The van der Waals surface area contributed by atoms with Crippen LogP contribution < -0.4 is 4.74 Å². The van der Waals surface area contributed by atoms with Crippen molar-refractivity contribution in [3.05, 3.63) is 63.9 Å². The Bertz CT molecular complexity index is 654. The lowest BCUT2D eigenvalue weighted by Crippen LogP contribution is -2.20. The van der Waals surface area contributed by atoms with E-state index in [1.807, 2.05) is 24.3 Å². The maximum atomic E-state index is 13.2. The number of benzene rings is 2. The molecule has 0 spiro atoms. The largest absolute Gasteiger partial charge is 0.484 e. The van der Waals surface area contributed by atoms with Gasteiger partial charge in [-0.05, 0) is 18.2 Å². The Hall–Kier alpha value is -1.68. The first-order valence-corrected chi connectivity index (χ1v) is 6.68. The summed E-state index contributed by atoms with van der Waals surface area (Å²) in [6.07, 6.45) is -0.112. The van der Waals surface area contributed by atoms with Gasteiger partial charge in [0.2, 0.25) is 0 Å². The van der Waals surface area contributed by atoms with Gasteiger partial charge < -0.3 is 4.74 Å². The number of carbonyl (C=O) groups excluding carboxylic acids is 1. The Morgan fingerprint density at radius 3 is 2.79 bits per heavy atom. The maximum Gasteiger partial charge on any atom is 0.170 e. The van der Waals surface area contributed by atoms with E-state index in [4.69, 9.17) is 4.74 Å². The van der Waals surface area contributed by atoms with E-state index in [0.717, 1.165) is 10.0 Å². The van der Waals surface area contributed by atoms with Crippen molar-refractivity contribution in [2.45, 2.75) is 12.5 Å². The van der Waals surface area contributed by atoms with Gasteiger partial charge in [0.1, 0.15) is 17.7 Å². The Balaban J connectivity index is 2.01. The molecule has 2 aromatic carbocycles. The van der Waals surface area contributed by atoms with Crippen LogP contribution in [0.25, 0.3) is 0 Å². The molecule has 0 bridgehead atoms. The first-order chi connectivity index (χ1) is 9.15. The molecule has 2 aromatic rings. The second-order valence-electron chi connectivity index (χ2n) is 4.40. The quantitative estimate of drug-likeness (QED) is 0.783. The molecule has 0 aromatic heterocycles. The molecule has 96 valence electrons. The summed E-state index contributed by atoms with van der Waals surface area (Å²) in [5.74, 6) is -0.113. The predicted octanol–water partition coefficient (Wildman–Crippen LogP) is 4.29. The van der Waals surface area contributed by atoms with E-state index in [1.165, 1.54) is 18.2 Å². The zero-order valence-electron chi connectivity index (χ0n) is 9.90. The number of fused-ring (bicyclic) bond motifs is 1. The van der Waals surface area contributed by atoms with Crippen LogP contribution in [0.2, 0.25) is 0 Å². The van der Waals surface area contributed by atoms with E-state index in [-0.39, 0.29) is 18.3 Å². The van der Waals surface area contributed by atoms with E-state index >= 15 is 0 Å². The van der Waals surface area contributed by atoms with Crippen LogP contribution in [0.4, 0.5) is 4.39 Å². The first-order valence-electron chi connectivity index (χ1n) is 5.89. The number of hydrogen-bond acceptors (Lipinski definition) is 2. The lowest BCUT2D eigenvalue weighted by atomic mass is 9.96. The average molecular weight is 321 g/mol. The minimum atomic E-state index is -0.403. The molecule has 3 rings (SSSR count). The number of Topliss-reactive ketones (excluding diaryl/α,β-unsaturated/α-hetero) is 1. The van der Waals surface area contributed by atoms with Crippen molar-refractivity contribution in [1.82, 2.24) is 0 Å². The molecule has 0 saturated carbocycles. The molecule has 0 aliphatic carbocycles. The fourth-order valence-corrected chi connectivity index (χ4v) is 2.75. The van der Waals surface area contributed by atoms with Crippen LogP contribution in [0.15, 0.2) is 46.9 Å². The summed E-state index contributed by atoms with van der Waals surface area (Å²) in [7, 11) is 0. The second-order valence-corrected chi connectivity index (χ2v) is 5.25. The van der Waals surface area contributed by atoms with Crippen LogP contribution in [0, 0.1) is 5.82 Å². The van der Waals surface area contributed by atoms with Crippen molar-refractivity contribution in [2.24, 2.45) is 0 Å². The number of ketones is 1. The van der Waals surface area contributed by atoms with Gasteiger partial charge >= 0.3 is 0 Å². The van der Waals surface area contributed by atoms with Gasteiger partial charge in [-0.2, -0.15) is 0 Å². The number of carbonyl (C=O) groups is 1. The van der Waals surface area contributed by atoms with Gasteiger partial charge in [0.25, 0.3) is 0 Å². The lowest BCUT2D eigenvalue weighted by molar-refractivity contribution is 0.0848. The molecule has 0 amide bonds. The highest BCUT2D eigenvalue weighted by Crippen LogP contribution is 2.37. The Labute approximate surface area is 118 Å². The van der Waals surface area contributed by atoms with Crippen molar-refractivity contribution in [1.29, 1.82) is 0 Å². The third kappa shape index (κ3) is 2.28. The Morgan fingerprint density at radius 1 is 1.21 bits per heavy atom. The minimum absolute atomic E-state index is 0.0259. The van der Waals surface area contributed by atoms with E-state index in [9.17, 15) is 9.18 Å². The van der Waals surface area contributed by atoms with Gasteiger partial charge in [-0.1, -0.05) is 34.1 Å². The van der Waals surface area contributed by atoms with E-state index in [0.29, 0.717) is 11.3 Å². The zero-order valence-corrected chi connectivity index (χ0v) is 11.5. The SMILES string of the molecule is O=C1CC(c2ccccc2Br)Oc2cc(F)ccc21. The topological polar surface area (TPSA) is 26.3 Å². The lowest BCUT2D eigenvalue weighted by Gasteiger charge is -2.26. The monoisotopic (exact) mass is 320 g/mol. The third-order valence-electron chi connectivity index (χ3n) is 3.14. The van der Waals surface area contributed by atoms with Crippen molar-refractivity contribution in [3.63, 3.8) is 0 Å². The standard InChI is InChI=1S/C15H10BrFO2/c16-12-4-2-1-3-10(12)15-8-13(18)11-6-5-9(17)7-14(11)19-15/h1-7,15H,8H2. The number of hydrogen-bond donors (Lipinski definition) is 0. The van der Waals surface area contributed by atoms with Crippen LogP contribution in [-0.4, -0.2) is 5.78 Å². The highest BCUT2D eigenvalue weighted by atomic mass is 79.9. The first kappa shape index (κ1) is 12.4. The van der Waals surface area contributed by atoms with Crippen molar-refractivity contribution >= 4 is 21.7 Å². The van der Waals surface area contributed by atoms with Crippen LogP contribution in [0.1, 0.15) is 28.4 Å². The van der Waals surface area contributed by atoms with Crippen molar-refractivity contribution in [3.8, 4) is 5.75 Å². The normalized spacial score (nSPS) is 17.8. The minimum Gasteiger partial charge on any atom is -0.484 e. The fraction of sp³-hybridized carbons (Fsp3) is 0.133. The molecule has 1 aliphatic rings. The number of rotatable bonds is 1. The smallest absolute Gasteiger partial charge is 0.170 e. The van der Waals surface area contributed by atoms with Crippen LogP contribution in [0.5, 0.6) is 5.75 Å². The van der Waals surface area contributed by atoms with E-state index < -0.39 is 5.82 Å². The van der Waals surface area contributed by atoms with Crippen molar-refractivity contribution in [2.75, 3.05) is 0 Å². The van der Waals surface area contributed by atoms with Gasteiger partial charge in [0, 0.05) is 16.1 Å². The van der Waals surface area contributed by atoms with Gasteiger partial charge in [-0.3, -0.25) is 4.79 Å². The molecule has 4 heteroatoms. The summed E-state index contributed by atoms with van der Waals surface area (Å²) < 4.78 is 19.9. The molecule has 0 saturated heterocycles. The Morgan fingerprint density at radius 2 is 2.00 bits per heavy atom. The summed E-state index contributed by atoms with van der Waals surface area (Å²) in [5, 5.41) is 0. The zero-order chi connectivity index (χ0) is 13.4. The molecule has 2 nitrogen and oxygen atoms in total. The molecule has 1 heterocycles. The van der Waals surface area contributed by atoms with Crippen LogP contribution in [0.3, 0.4) is 0 Å². The second kappa shape index (κ2) is 4.78. The molecule has 19 heavy (non-hydrogen) atoms. The molecule has 1 aliphatic heterocycles. The van der Waals surface area contributed by atoms with E-state index in [1.54, 1.807) is 0 Å². The van der Waals surface area contributed by atoms with Gasteiger partial charge in [-0.25, -0.2) is 4.39 Å². The molecular weight excluding hydrogens is 311 g/mol. The highest BCUT2D eigenvalue weighted by molar-refractivity contribution is 9.10. The van der Waals surface area contributed by atoms with Gasteiger partial charge in [0.05, 0.1) is 12.0 Å². The summed E-state index contributed by atoms with van der Waals surface area (Å²) >= 11 is 3.44. The average Bonchev–Trinajstić information content (AvgIpc) is 2.38.